The zero-order valence-corrected chi connectivity index (χ0v) is 20.1. The second-order valence-electron chi connectivity index (χ2n) is 7.94. The normalized spacial score (nSPS) is 14.3. The van der Waals surface area contributed by atoms with E-state index in [1.165, 1.54) is 28.6 Å². The SMILES string of the molecule is CCn1c(Cc2ccccc2)nnc1S[C@@H](C)C(=O)Nc1sc2c(c1C#N)CCCCC2. The number of rotatable bonds is 7. The molecule has 0 unspecified atom stereocenters. The lowest BCUT2D eigenvalue weighted by molar-refractivity contribution is -0.115. The third-order valence-corrected chi connectivity index (χ3v) is 8.02. The predicted molar refractivity (Wildman–Crippen MR) is 129 cm³/mol. The molecule has 0 saturated carbocycles. The Morgan fingerprint density at radius 2 is 2.03 bits per heavy atom. The number of hydrogen-bond acceptors (Lipinski definition) is 6. The van der Waals surface area contributed by atoms with E-state index in [4.69, 9.17) is 0 Å². The summed E-state index contributed by atoms with van der Waals surface area (Å²) in [5.41, 5.74) is 2.97. The second-order valence-corrected chi connectivity index (χ2v) is 10.3. The number of fused-ring (bicyclic) bond motifs is 1. The Morgan fingerprint density at radius 3 is 2.78 bits per heavy atom. The highest BCUT2D eigenvalue weighted by molar-refractivity contribution is 8.00. The van der Waals surface area contributed by atoms with Crippen LogP contribution in [0, 0.1) is 11.3 Å². The summed E-state index contributed by atoms with van der Waals surface area (Å²) in [5, 5.41) is 22.5. The van der Waals surface area contributed by atoms with E-state index in [2.05, 4.69) is 45.2 Å². The lowest BCUT2D eigenvalue weighted by Crippen LogP contribution is -2.23. The van der Waals surface area contributed by atoms with Gasteiger partial charge in [0.25, 0.3) is 0 Å². The molecular formula is C24H27N5OS2. The predicted octanol–water partition coefficient (Wildman–Crippen LogP) is 5.21. The first-order chi connectivity index (χ1) is 15.6. The van der Waals surface area contributed by atoms with Crippen molar-refractivity contribution in [3.63, 3.8) is 0 Å². The van der Waals surface area contributed by atoms with Crippen molar-refractivity contribution in [3.8, 4) is 6.07 Å². The summed E-state index contributed by atoms with van der Waals surface area (Å²) in [4.78, 5) is 14.2. The molecular weight excluding hydrogens is 438 g/mol. The van der Waals surface area contributed by atoms with Crippen molar-refractivity contribution in [1.29, 1.82) is 5.26 Å². The molecule has 2 aromatic heterocycles. The fraction of sp³-hybridized carbons (Fsp3) is 0.417. The Kier molecular flexibility index (Phi) is 7.28. The number of thiophene rings is 1. The van der Waals surface area contributed by atoms with Crippen molar-refractivity contribution in [3.05, 3.63) is 57.7 Å². The molecule has 1 N–H and O–H groups in total. The van der Waals surface area contributed by atoms with Crippen LogP contribution in [0.2, 0.25) is 0 Å². The molecule has 2 heterocycles. The molecule has 0 aliphatic heterocycles. The van der Waals surface area contributed by atoms with Gasteiger partial charge < -0.3 is 9.88 Å². The van der Waals surface area contributed by atoms with E-state index < -0.39 is 0 Å². The maximum Gasteiger partial charge on any atom is 0.238 e. The summed E-state index contributed by atoms with van der Waals surface area (Å²) in [5.74, 6) is 0.778. The summed E-state index contributed by atoms with van der Waals surface area (Å²) < 4.78 is 2.06. The molecule has 1 atom stereocenters. The van der Waals surface area contributed by atoms with Crippen molar-refractivity contribution < 1.29 is 4.79 Å². The Bertz CT molecular complexity index is 1130. The van der Waals surface area contributed by atoms with Crippen LogP contribution >= 0.6 is 23.1 Å². The number of nitriles is 1. The molecule has 8 heteroatoms. The number of aryl methyl sites for hydroxylation is 1. The number of amides is 1. The minimum absolute atomic E-state index is 0.113. The van der Waals surface area contributed by atoms with Crippen molar-refractivity contribution in [2.45, 2.75) is 69.3 Å². The minimum atomic E-state index is -0.359. The molecule has 4 rings (SSSR count). The number of benzene rings is 1. The topological polar surface area (TPSA) is 83.6 Å². The average molecular weight is 466 g/mol. The Balaban J connectivity index is 1.46. The van der Waals surface area contributed by atoms with Crippen LogP contribution in [0.15, 0.2) is 35.5 Å². The van der Waals surface area contributed by atoms with Gasteiger partial charge in [-0.05, 0) is 50.7 Å². The van der Waals surface area contributed by atoms with Crippen molar-refractivity contribution in [2.75, 3.05) is 5.32 Å². The van der Waals surface area contributed by atoms with Crippen LogP contribution < -0.4 is 5.32 Å². The van der Waals surface area contributed by atoms with Gasteiger partial charge in [0.2, 0.25) is 5.91 Å². The third kappa shape index (κ3) is 4.89. The van der Waals surface area contributed by atoms with Gasteiger partial charge in [-0.1, -0.05) is 48.5 Å². The number of hydrogen-bond donors (Lipinski definition) is 1. The molecule has 0 radical (unpaired) electrons. The second kappa shape index (κ2) is 10.3. The highest BCUT2D eigenvalue weighted by atomic mass is 32.2. The molecule has 0 bridgehead atoms. The molecule has 0 saturated heterocycles. The van der Waals surface area contributed by atoms with Crippen LogP contribution in [0.4, 0.5) is 5.00 Å². The zero-order chi connectivity index (χ0) is 22.5. The summed E-state index contributed by atoms with van der Waals surface area (Å²) >= 11 is 2.97. The van der Waals surface area contributed by atoms with E-state index in [-0.39, 0.29) is 11.2 Å². The van der Waals surface area contributed by atoms with E-state index in [0.29, 0.717) is 17.0 Å². The lowest BCUT2D eigenvalue weighted by Gasteiger charge is -2.12. The number of thioether (sulfide) groups is 1. The monoisotopic (exact) mass is 465 g/mol. The van der Waals surface area contributed by atoms with E-state index in [0.717, 1.165) is 48.8 Å². The Hall–Kier alpha value is -2.63. The maximum absolute atomic E-state index is 13.0. The molecule has 1 amide bonds. The maximum atomic E-state index is 13.0. The van der Waals surface area contributed by atoms with Gasteiger partial charge in [0.15, 0.2) is 5.16 Å². The zero-order valence-electron chi connectivity index (χ0n) is 18.4. The molecule has 1 aliphatic carbocycles. The summed E-state index contributed by atoms with van der Waals surface area (Å²) in [6, 6.07) is 12.5. The number of carbonyl (C=O) groups excluding carboxylic acids is 1. The van der Waals surface area contributed by atoms with Gasteiger partial charge in [0, 0.05) is 17.8 Å². The highest BCUT2D eigenvalue weighted by Gasteiger charge is 2.24. The fourth-order valence-corrected chi connectivity index (χ4v) is 6.18. The molecule has 166 valence electrons. The van der Waals surface area contributed by atoms with Gasteiger partial charge in [-0.2, -0.15) is 5.26 Å². The van der Waals surface area contributed by atoms with E-state index in [1.807, 2.05) is 25.1 Å². The van der Waals surface area contributed by atoms with Gasteiger partial charge in [-0.3, -0.25) is 4.79 Å². The molecule has 1 aromatic carbocycles. The van der Waals surface area contributed by atoms with Gasteiger partial charge in [0.1, 0.15) is 16.9 Å². The number of carbonyl (C=O) groups is 1. The molecule has 6 nitrogen and oxygen atoms in total. The minimum Gasteiger partial charge on any atom is -0.316 e. The van der Waals surface area contributed by atoms with E-state index >= 15 is 0 Å². The van der Waals surface area contributed by atoms with Gasteiger partial charge >= 0.3 is 0 Å². The van der Waals surface area contributed by atoms with Crippen LogP contribution in [0.1, 0.15) is 60.5 Å². The molecule has 0 fully saturated rings. The Labute approximate surface area is 197 Å². The van der Waals surface area contributed by atoms with E-state index in [1.54, 1.807) is 11.3 Å². The number of aromatic nitrogens is 3. The van der Waals surface area contributed by atoms with Crippen molar-refractivity contribution in [2.24, 2.45) is 0 Å². The molecule has 3 aromatic rings. The standard InChI is InChI=1S/C24H27N5OS2/c1-3-29-21(14-17-10-6-4-7-11-17)27-28-24(29)31-16(2)22(30)26-23-19(15-25)18-12-8-5-9-13-20(18)32-23/h4,6-7,10-11,16H,3,5,8-9,12-14H2,1-2H3,(H,26,30)/t16-/m0/s1. The number of nitrogens with zero attached hydrogens (tertiary/aromatic N) is 4. The molecule has 32 heavy (non-hydrogen) atoms. The van der Waals surface area contributed by atoms with Crippen LogP contribution in [0.5, 0.6) is 0 Å². The van der Waals surface area contributed by atoms with Crippen LogP contribution in [-0.4, -0.2) is 25.9 Å². The van der Waals surface area contributed by atoms with E-state index in [9.17, 15) is 10.1 Å². The van der Waals surface area contributed by atoms with Crippen LogP contribution in [-0.2, 0) is 30.6 Å². The Morgan fingerprint density at radius 1 is 1.25 bits per heavy atom. The summed E-state index contributed by atoms with van der Waals surface area (Å²) in [6.07, 6.45) is 6.09. The number of nitrogens with one attached hydrogen (secondary N) is 1. The lowest BCUT2D eigenvalue weighted by atomic mass is 10.1. The molecule has 1 aliphatic rings. The third-order valence-electron chi connectivity index (χ3n) is 5.74. The summed E-state index contributed by atoms with van der Waals surface area (Å²) in [6.45, 7) is 4.67. The first kappa shape index (κ1) is 22.6. The van der Waals surface area contributed by atoms with Gasteiger partial charge in [-0.25, -0.2) is 0 Å². The summed E-state index contributed by atoms with van der Waals surface area (Å²) in [7, 11) is 0. The van der Waals surface area contributed by atoms with Crippen molar-refractivity contribution in [1.82, 2.24) is 14.8 Å². The number of anilines is 1. The van der Waals surface area contributed by atoms with Crippen molar-refractivity contribution >= 4 is 34.0 Å². The first-order valence-electron chi connectivity index (χ1n) is 11.1. The van der Waals surface area contributed by atoms with Crippen LogP contribution in [0.3, 0.4) is 0 Å². The fourth-order valence-electron chi connectivity index (χ4n) is 4.01. The molecule has 0 spiro atoms. The smallest absolute Gasteiger partial charge is 0.238 e. The van der Waals surface area contributed by atoms with Gasteiger partial charge in [-0.15, -0.1) is 21.5 Å². The van der Waals surface area contributed by atoms with Crippen LogP contribution in [0.25, 0.3) is 0 Å². The highest BCUT2D eigenvalue weighted by Crippen LogP contribution is 2.37. The van der Waals surface area contributed by atoms with Gasteiger partial charge in [0.05, 0.1) is 10.8 Å². The average Bonchev–Trinajstić information content (AvgIpc) is 3.24. The largest absolute Gasteiger partial charge is 0.316 e. The first-order valence-corrected chi connectivity index (χ1v) is 12.8. The quantitative estimate of drug-likeness (QED) is 0.382.